The predicted molar refractivity (Wildman–Crippen MR) is 126 cm³/mol. The number of carbonyl (C=O) groups is 2. The van der Waals surface area contributed by atoms with Crippen LogP contribution in [0.3, 0.4) is 0 Å². The molecule has 2 aliphatic carbocycles. The van der Waals surface area contributed by atoms with Gasteiger partial charge in [0, 0.05) is 25.2 Å². The van der Waals surface area contributed by atoms with Crippen molar-refractivity contribution in [2.75, 3.05) is 19.8 Å². The van der Waals surface area contributed by atoms with Crippen LogP contribution in [0.2, 0.25) is 0 Å². The summed E-state index contributed by atoms with van der Waals surface area (Å²) in [7, 11) is 0. The van der Waals surface area contributed by atoms with Crippen LogP contribution in [-0.4, -0.2) is 55.9 Å². The van der Waals surface area contributed by atoms with Crippen molar-refractivity contribution in [2.24, 2.45) is 17.3 Å². The van der Waals surface area contributed by atoms with Gasteiger partial charge in [-0.25, -0.2) is 4.79 Å². The molecule has 4 fully saturated rings. The van der Waals surface area contributed by atoms with Crippen LogP contribution in [0.25, 0.3) is 0 Å². The first kappa shape index (κ1) is 25.6. The Morgan fingerprint density at radius 1 is 1.09 bits per heavy atom. The number of unbranched alkanes of at least 4 members (excludes halogenated alkanes) is 3. The van der Waals surface area contributed by atoms with Crippen LogP contribution in [0, 0.1) is 17.3 Å². The number of fused-ring (bicyclic) bond motifs is 2. The van der Waals surface area contributed by atoms with Crippen LogP contribution in [0.1, 0.15) is 85.5 Å². The van der Waals surface area contributed by atoms with Crippen LogP contribution in [0.15, 0.2) is 11.6 Å². The van der Waals surface area contributed by atoms with Crippen molar-refractivity contribution < 1.29 is 33.3 Å². The zero-order valence-corrected chi connectivity index (χ0v) is 21.3. The third kappa shape index (κ3) is 4.44. The minimum absolute atomic E-state index is 0.000254. The lowest BCUT2D eigenvalue weighted by Gasteiger charge is -2.45. The van der Waals surface area contributed by atoms with Crippen LogP contribution >= 0.6 is 0 Å². The van der Waals surface area contributed by atoms with Gasteiger partial charge < -0.3 is 23.7 Å². The molecule has 0 N–H and O–H groups in total. The lowest BCUT2D eigenvalue weighted by molar-refractivity contribution is -0.177. The number of carbonyl (C=O) groups excluding carboxylic acids is 2. The summed E-state index contributed by atoms with van der Waals surface area (Å²) in [6, 6.07) is 0. The molecule has 7 heteroatoms. The highest BCUT2D eigenvalue weighted by atomic mass is 16.7. The minimum atomic E-state index is -0.903. The smallest absolute Gasteiger partial charge is 0.330 e. The van der Waals surface area contributed by atoms with Crippen LogP contribution in [0.5, 0.6) is 0 Å². The topological polar surface area (TPSA) is 83.6 Å². The van der Waals surface area contributed by atoms with Gasteiger partial charge in [-0.05, 0) is 50.5 Å². The van der Waals surface area contributed by atoms with E-state index in [1.54, 1.807) is 6.08 Å². The van der Waals surface area contributed by atoms with Crippen molar-refractivity contribution in [1.82, 2.24) is 0 Å². The summed E-state index contributed by atoms with van der Waals surface area (Å²) in [5.41, 5.74) is -0.569. The fourth-order valence-electron chi connectivity index (χ4n) is 6.25. The molecular formula is C27H42O7. The zero-order valence-electron chi connectivity index (χ0n) is 21.3. The summed E-state index contributed by atoms with van der Waals surface area (Å²) in [4.78, 5) is 25.9. The van der Waals surface area contributed by atoms with Gasteiger partial charge in [-0.1, -0.05) is 46.5 Å². The fourth-order valence-corrected chi connectivity index (χ4v) is 6.25. The first-order valence-corrected chi connectivity index (χ1v) is 13.4. The number of rotatable bonds is 13. The molecule has 0 aromatic carbocycles. The second-order valence-electron chi connectivity index (χ2n) is 10.5. The summed E-state index contributed by atoms with van der Waals surface area (Å²) < 4.78 is 30.5. The second-order valence-corrected chi connectivity index (χ2v) is 10.5. The van der Waals surface area contributed by atoms with Crippen molar-refractivity contribution in [3.05, 3.63) is 11.6 Å². The summed E-state index contributed by atoms with van der Waals surface area (Å²) in [5, 5.41) is 0. The van der Waals surface area contributed by atoms with Crippen LogP contribution in [-0.2, 0) is 33.3 Å². The molecule has 192 valence electrons. The first-order valence-electron chi connectivity index (χ1n) is 13.4. The van der Waals surface area contributed by atoms with Gasteiger partial charge in [0.25, 0.3) is 0 Å². The van der Waals surface area contributed by atoms with E-state index in [9.17, 15) is 9.59 Å². The van der Waals surface area contributed by atoms with E-state index in [4.69, 9.17) is 23.7 Å². The van der Waals surface area contributed by atoms with Crippen molar-refractivity contribution in [3.63, 3.8) is 0 Å². The minimum Gasteiger partial charge on any atom is -0.463 e. The molecule has 4 unspecified atom stereocenters. The van der Waals surface area contributed by atoms with Gasteiger partial charge in [0.15, 0.2) is 11.9 Å². The maximum atomic E-state index is 13.0. The fraction of sp³-hybridized carbons (Fsp3) is 0.852. The molecule has 0 radical (unpaired) electrons. The van der Waals surface area contributed by atoms with Crippen molar-refractivity contribution in [3.8, 4) is 0 Å². The van der Waals surface area contributed by atoms with Gasteiger partial charge in [0.2, 0.25) is 0 Å². The van der Waals surface area contributed by atoms with E-state index in [-0.39, 0.29) is 36.0 Å². The van der Waals surface area contributed by atoms with E-state index in [0.29, 0.717) is 19.8 Å². The molecule has 4 aliphatic rings. The van der Waals surface area contributed by atoms with Gasteiger partial charge in [-0.2, -0.15) is 0 Å². The molecule has 2 heterocycles. The summed E-state index contributed by atoms with van der Waals surface area (Å²) in [5.74, 6) is -0.497. The molecule has 4 rings (SSSR count). The van der Waals surface area contributed by atoms with E-state index in [1.165, 1.54) is 0 Å². The maximum absolute atomic E-state index is 13.0. The molecule has 2 saturated carbocycles. The van der Waals surface area contributed by atoms with E-state index in [2.05, 4.69) is 20.8 Å². The molecule has 0 spiro atoms. The third-order valence-electron chi connectivity index (χ3n) is 8.18. The maximum Gasteiger partial charge on any atom is 0.330 e. The van der Waals surface area contributed by atoms with Gasteiger partial charge in [0.1, 0.15) is 12.2 Å². The van der Waals surface area contributed by atoms with Gasteiger partial charge >= 0.3 is 11.9 Å². The Kier molecular flexibility index (Phi) is 8.05. The zero-order chi connectivity index (χ0) is 24.3. The predicted octanol–water partition coefficient (Wildman–Crippen LogP) is 4.71. The number of ether oxygens (including phenoxy) is 5. The Labute approximate surface area is 203 Å². The van der Waals surface area contributed by atoms with E-state index in [1.807, 2.05) is 6.92 Å². The van der Waals surface area contributed by atoms with Crippen molar-refractivity contribution in [1.29, 1.82) is 0 Å². The molecule has 7 nitrogen and oxygen atoms in total. The lowest BCUT2D eigenvalue weighted by Crippen LogP contribution is -2.54. The van der Waals surface area contributed by atoms with Crippen molar-refractivity contribution >= 4 is 11.9 Å². The SMILES string of the molecule is CCCCOC(=O)C=C1C2CCCC3(C)C(=O)O[C@H](C4OC14C(OCCCC)OCCCC)[C@H]23. The molecular weight excluding hydrogens is 436 g/mol. The molecule has 0 bridgehead atoms. The molecule has 34 heavy (non-hydrogen) atoms. The summed E-state index contributed by atoms with van der Waals surface area (Å²) in [6.45, 7) is 9.83. The Balaban J connectivity index is 1.69. The van der Waals surface area contributed by atoms with Crippen LogP contribution < -0.4 is 0 Å². The molecule has 0 aromatic heterocycles. The van der Waals surface area contributed by atoms with Gasteiger partial charge in [-0.3, -0.25) is 4.79 Å². The van der Waals surface area contributed by atoms with Gasteiger partial charge in [0.05, 0.1) is 12.0 Å². The van der Waals surface area contributed by atoms with Crippen LogP contribution in [0.4, 0.5) is 0 Å². The molecule has 2 aliphatic heterocycles. The highest BCUT2D eigenvalue weighted by molar-refractivity contribution is 5.85. The van der Waals surface area contributed by atoms with E-state index in [0.717, 1.165) is 63.4 Å². The average molecular weight is 479 g/mol. The quantitative estimate of drug-likeness (QED) is 0.125. The first-order chi connectivity index (χ1) is 16.4. The standard InChI is InChI=1S/C27H42O7/c1-5-8-14-30-20(28)17-19-18-12-11-13-26(4)21(18)22(33-24(26)29)23-27(19,34-23)25(31-15-9-6-2)32-16-10-7-3/h17-18,21-23,25H,5-16H2,1-4H3/t18?,21-,22-,23?,26?,27?/m0/s1. The summed E-state index contributed by atoms with van der Waals surface area (Å²) in [6.07, 6.45) is 8.52. The highest BCUT2D eigenvalue weighted by Gasteiger charge is 2.79. The largest absolute Gasteiger partial charge is 0.463 e. The van der Waals surface area contributed by atoms with Gasteiger partial charge in [-0.15, -0.1) is 0 Å². The van der Waals surface area contributed by atoms with Crippen molar-refractivity contribution in [2.45, 2.75) is 110 Å². The molecule has 6 atom stereocenters. The molecule has 0 amide bonds. The average Bonchev–Trinajstić information content (AvgIpc) is 3.51. The number of esters is 2. The highest BCUT2D eigenvalue weighted by Crippen LogP contribution is 2.67. The molecule has 0 aromatic rings. The Bertz CT molecular complexity index is 769. The third-order valence-corrected chi connectivity index (χ3v) is 8.18. The second kappa shape index (κ2) is 10.7. The molecule has 2 saturated heterocycles. The Morgan fingerprint density at radius 2 is 1.74 bits per heavy atom. The Hall–Kier alpha value is -1.44. The monoisotopic (exact) mass is 478 g/mol. The van der Waals surface area contributed by atoms with E-state index < -0.39 is 17.3 Å². The number of hydrogen-bond acceptors (Lipinski definition) is 7. The number of hydrogen-bond donors (Lipinski definition) is 0. The van der Waals surface area contributed by atoms with E-state index >= 15 is 0 Å². The summed E-state index contributed by atoms with van der Waals surface area (Å²) >= 11 is 0. The Morgan fingerprint density at radius 3 is 2.38 bits per heavy atom. The number of epoxide rings is 1. The normalized spacial score (nSPS) is 36.9. The lowest BCUT2D eigenvalue weighted by atomic mass is 9.55.